The molecule has 3 aromatic carbocycles. The molecular formula is C31H32N4O2. The van der Waals surface area contributed by atoms with Gasteiger partial charge in [-0.05, 0) is 37.2 Å². The average molecular weight is 493 g/mol. The van der Waals surface area contributed by atoms with Crippen molar-refractivity contribution in [1.82, 2.24) is 19.3 Å². The smallest absolute Gasteiger partial charge is 0.255 e. The van der Waals surface area contributed by atoms with Gasteiger partial charge in [-0.25, -0.2) is 0 Å². The summed E-state index contributed by atoms with van der Waals surface area (Å²) in [5.41, 5.74) is 5.97. The average Bonchev–Trinajstić information content (AvgIpc) is 3.39. The zero-order chi connectivity index (χ0) is 25.7. The number of hydrogen-bond donors (Lipinski definition) is 0. The lowest BCUT2D eigenvalue weighted by Crippen LogP contribution is -2.54. The summed E-state index contributed by atoms with van der Waals surface area (Å²) in [5.74, 6) is -0.0664. The molecule has 2 aliphatic rings. The number of aromatic nitrogens is 1. The highest BCUT2D eigenvalue weighted by molar-refractivity contribution is 6.04. The van der Waals surface area contributed by atoms with Gasteiger partial charge >= 0.3 is 0 Å². The predicted molar refractivity (Wildman–Crippen MR) is 146 cm³/mol. The Hall–Kier alpha value is -3.90. The molecule has 37 heavy (non-hydrogen) atoms. The van der Waals surface area contributed by atoms with Crippen molar-refractivity contribution in [3.05, 3.63) is 95.6 Å². The number of hydrogen-bond acceptors (Lipinski definition) is 3. The van der Waals surface area contributed by atoms with Gasteiger partial charge in [-0.2, -0.15) is 0 Å². The van der Waals surface area contributed by atoms with Gasteiger partial charge in [-0.3, -0.25) is 9.59 Å². The number of carbonyl (C=O) groups is 2. The first kappa shape index (κ1) is 23.5. The zero-order valence-electron chi connectivity index (χ0n) is 21.6. The van der Waals surface area contributed by atoms with Crippen molar-refractivity contribution in [3.63, 3.8) is 0 Å². The summed E-state index contributed by atoms with van der Waals surface area (Å²) in [4.78, 5) is 33.8. The monoisotopic (exact) mass is 492 g/mol. The highest BCUT2D eigenvalue weighted by Gasteiger charge is 2.45. The van der Waals surface area contributed by atoms with Crippen molar-refractivity contribution < 1.29 is 9.59 Å². The van der Waals surface area contributed by atoms with E-state index in [9.17, 15) is 9.59 Å². The first-order valence-electron chi connectivity index (χ1n) is 13.0. The molecule has 0 spiro atoms. The summed E-state index contributed by atoms with van der Waals surface area (Å²) in [5, 5.41) is 1.10. The Bertz CT molecular complexity index is 1480. The van der Waals surface area contributed by atoms with Crippen LogP contribution in [0.5, 0.6) is 0 Å². The number of likely N-dealkylation sites (N-methyl/N-ethyl adjacent to an activating group) is 1. The van der Waals surface area contributed by atoms with Gasteiger partial charge in [0.1, 0.15) is 6.04 Å². The minimum Gasteiger partial charge on any atom is -0.343 e. The third-order valence-corrected chi connectivity index (χ3v) is 8.05. The van der Waals surface area contributed by atoms with Gasteiger partial charge in [0.15, 0.2) is 0 Å². The van der Waals surface area contributed by atoms with E-state index in [-0.39, 0.29) is 17.9 Å². The van der Waals surface area contributed by atoms with Gasteiger partial charge in [0.25, 0.3) is 5.91 Å². The lowest BCUT2D eigenvalue weighted by Gasteiger charge is -2.38. The number of fused-ring (bicyclic) bond motifs is 2. The van der Waals surface area contributed by atoms with E-state index < -0.39 is 6.04 Å². The molecule has 0 bridgehead atoms. The Morgan fingerprint density at radius 1 is 0.838 bits per heavy atom. The molecule has 2 atom stereocenters. The van der Waals surface area contributed by atoms with Crippen molar-refractivity contribution in [2.24, 2.45) is 7.05 Å². The first-order valence-corrected chi connectivity index (χ1v) is 13.0. The van der Waals surface area contributed by atoms with Gasteiger partial charge in [0.2, 0.25) is 5.91 Å². The zero-order valence-corrected chi connectivity index (χ0v) is 21.6. The van der Waals surface area contributed by atoms with E-state index in [1.807, 2.05) is 71.3 Å². The first-order chi connectivity index (χ1) is 18.0. The molecule has 1 fully saturated rings. The van der Waals surface area contributed by atoms with Crippen LogP contribution >= 0.6 is 0 Å². The van der Waals surface area contributed by atoms with Gasteiger partial charge < -0.3 is 19.3 Å². The standard InChI is InChI=1S/C31H32N4O2/c1-21(30(36)34-19-17-32(2)18-20-34)35-29(23-13-7-8-14-24(23)31(35)37)27-25-15-9-10-16-26(25)33(3)28(27)22-11-5-4-6-12-22/h4-16,21,29H,17-20H2,1-3H3. The number of benzene rings is 3. The van der Waals surface area contributed by atoms with E-state index in [0.717, 1.165) is 46.4 Å². The Balaban J connectivity index is 1.55. The molecule has 0 aliphatic carbocycles. The summed E-state index contributed by atoms with van der Waals surface area (Å²) < 4.78 is 2.22. The minimum atomic E-state index is -0.587. The lowest BCUT2D eigenvalue weighted by molar-refractivity contribution is -0.137. The number of piperazine rings is 1. The summed E-state index contributed by atoms with van der Waals surface area (Å²) in [6.07, 6.45) is 0. The fourth-order valence-electron chi connectivity index (χ4n) is 6.09. The highest BCUT2D eigenvalue weighted by Crippen LogP contribution is 2.47. The second-order valence-corrected chi connectivity index (χ2v) is 10.2. The van der Waals surface area contributed by atoms with Crippen LogP contribution in [-0.4, -0.2) is 70.3 Å². The van der Waals surface area contributed by atoms with E-state index in [1.165, 1.54) is 0 Å². The maximum Gasteiger partial charge on any atom is 0.255 e. The van der Waals surface area contributed by atoms with Crippen LogP contribution in [0.15, 0.2) is 78.9 Å². The van der Waals surface area contributed by atoms with Crippen LogP contribution in [0.2, 0.25) is 0 Å². The van der Waals surface area contributed by atoms with Crippen LogP contribution < -0.4 is 0 Å². The molecule has 1 aromatic heterocycles. The van der Waals surface area contributed by atoms with Gasteiger partial charge in [0, 0.05) is 55.3 Å². The van der Waals surface area contributed by atoms with Gasteiger partial charge in [-0.15, -0.1) is 0 Å². The number of para-hydroxylation sites is 1. The molecule has 2 amide bonds. The van der Waals surface area contributed by atoms with Crippen molar-refractivity contribution in [1.29, 1.82) is 0 Å². The normalized spacial score (nSPS) is 18.9. The summed E-state index contributed by atoms with van der Waals surface area (Å²) in [7, 11) is 4.16. The van der Waals surface area contributed by atoms with Crippen LogP contribution in [0.4, 0.5) is 0 Å². The van der Waals surface area contributed by atoms with Crippen LogP contribution in [-0.2, 0) is 11.8 Å². The minimum absolute atomic E-state index is 0.0146. The molecular weight excluding hydrogens is 460 g/mol. The predicted octanol–water partition coefficient (Wildman–Crippen LogP) is 4.55. The van der Waals surface area contributed by atoms with E-state index in [1.54, 1.807) is 0 Å². The topological polar surface area (TPSA) is 48.8 Å². The highest BCUT2D eigenvalue weighted by atomic mass is 16.2. The Morgan fingerprint density at radius 3 is 2.24 bits per heavy atom. The molecule has 2 aliphatic heterocycles. The largest absolute Gasteiger partial charge is 0.343 e. The van der Waals surface area contributed by atoms with E-state index in [2.05, 4.69) is 47.8 Å². The Kier molecular flexibility index (Phi) is 5.84. The molecule has 3 heterocycles. The molecule has 2 unspecified atom stereocenters. The van der Waals surface area contributed by atoms with Crippen LogP contribution in [0.25, 0.3) is 22.2 Å². The lowest BCUT2D eigenvalue weighted by atomic mass is 9.92. The Labute approximate surface area is 217 Å². The fourth-order valence-corrected chi connectivity index (χ4v) is 6.09. The number of rotatable bonds is 4. The number of nitrogens with zero attached hydrogens (tertiary/aromatic N) is 4. The fraction of sp³-hybridized carbons (Fsp3) is 0.290. The number of carbonyl (C=O) groups excluding carboxylic acids is 2. The third-order valence-electron chi connectivity index (χ3n) is 8.05. The van der Waals surface area contributed by atoms with E-state index in [4.69, 9.17) is 0 Å². The number of aryl methyl sites for hydroxylation is 1. The molecule has 188 valence electrons. The van der Waals surface area contributed by atoms with Crippen molar-refractivity contribution >= 4 is 22.7 Å². The van der Waals surface area contributed by atoms with Gasteiger partial charge in [-0.1, -0.05) is 66.7 Å². The maximum absolute atomic E-state index is 14.0. The van der Waals surface area contributed by atoms with Crippen molar-refractivity contribution in [2.75, 3.05) is 33.2 Å². The SMILES string of the molecule is CC(C(=O)N1CCN(C)CC1)N1C(=O)c2ccccc2C1c1c(-c2ccccc2)n(C)c2ccccc12. The van der Waals surface area contributed by atoms with Crippen LogP contribution in [0.3, 0.4) is 0 Å². The molecule has 0 radical (unpaired) electrons. The molecule has 6 rings (SSSR count). The number of amides is 2. The molecule has 4 aromatic rings. The van der Waals surface area contributed by atoms with E-state index in [0.29, 0.717) is 18.7 Å². The van der Waals surface area contributed by atoms with Crippen molar-refractivity contribution in [2.45, 2.75) is 19.0 Å². The second kappa shape index (κ2) is 9.20. The Morgan fingerprint density at radius 2 is 1.49 bits per heavy atom. The molecule has 6 heteroatoms. The third kappa shape index (κ3) is 3.75. The molecule has 1 saturated heterocycles. The second-order valence-electron chi connectivity index (χ2n) is 10.2. The van der Waals surface area contributed by atoms with Crippen LogP contribution in [0.1, 0.15) is 34.5 Å². The summed E-state index contributed by atoms with van der Waals surface area (Å²) >= 11 is 0. The molecule has 0 N–H and O–H groups in total. The van der Waals surface area contributed by atoms with Crippen molar-refractivity contribution in [3.8, 4) is 11.3 Å². The molecule has 0 saturated carbocycles. The van der Waals surface area contributed by atoms with Crippen LogP contribution in [0, 0.1) is 0 Å². The summed E-state index contributed by atoms with van der Waals surface area (Å²) in [6, 6.07) is 25.6. The quantitative estimate of drug-likeness (QED) is 0.420. The maximum atomic E-state index is 14.0. The molecule has 6 nitrogen and oxygen atoms in total. The summed E-state index contributed by atoms with van der Waals surface area (Å²) in [6.45, 7) is 4.95. The van der Waals surface area contributed by atoms with E-state index >= 15 is 0 Å². The van der Waals surface area contributed by atoms with Gasteiger partial charge in [0.05, 0.1) is 11.7 Å².